The number of esters is 1. The van der Waals surface area contributed by atoms with Crippen molar-refractivity contribution in [3.63, 3.8) is 0 Å². The van der Waals surface area contributed by atoms with Crippen molar-refractivity contribution in [2.24, 2.45) is 0 Å². The molecule has 8 nitrogen and oxygen atoms in total. The summed E-state index contributed by atoms with van der Waals surface area (Å²) in [7, 11) is 0. The Kier molecular flexibility index (Phi) is 5.83. The summed E-state index contributed by atoms with van der Waals surface area (Å²) < 4.78 is 10.3. The summed E-state index contributed by atoms with van der Waals surface area (Å²) in [5.74, 6) is -0.0313. The number of ether oxygens (including phenoxy) is 2. The highest BCUT2D eigenvalue weighted by Gasteiger charge is 2.28. The fraction of sp³-hybridized carbons (Fsp3) is 0.526. The van der Waals surface area contributed by atoms with E-state index in [1.165, 1.54) is 0 Å². The van der Waals surface area contributed by atoms with E-state index >= 15 is 0 Å². The standard InChI is InChI=1S/C19H25N3O5/c1-3-26-19(25)21-8-6-14(7-9-21)20-17(23)11-22-12-18(24)27-16-10-13(2)4-5-15(16)22/h4-5,10,14H,3,6-9,11-12H2,1-2H3,(H,20,23). The van der Waals surface area contributed by atoms with Crippen LogP contribution in [0.1, 0.15) is 25.3 Å². The number of aryl methyl sites for hydroxylation is 1. The van der Waals surface area contributed by atoms with Gasteiger partial charge in [0.05, 0.1) is 18.8 Å². The average molecular weight is 375 g/mol. The van der Waals surface area contributed by atoms with Crippen molar-refractivity contribution in [1.29, 1.82) is 0 Å². The number of carbonyl (C=O) groups is 3. The van der Waals surface area contributed by atoms with Gasteiger partial charge in [-0.25, -0.2) is 9.59 Å². The molecule has 0 aliphatic carbocycles. The topological polar surface area (TPSA) is 88.2 Å². The molecule has 0 bridgehead atoms. The van der Waals surface area contributed by atoms with Gasteiger partial charge < -0.3 is 24.6 Å². The Morgan fingerprint density at radius 2 is 2.04 bits per heavy atom. The number of likely N-dealkylation sites (tertiary alicyclic amines) is 1. The van der Waals surface area contributed by atoms with Gasteiger partial charge >= 0.3 is 12.1 Å². The Morgan fingerprint density at radius 3 is 2.74 bits per heavy atom. The average Bonchev–Trinajstić information content (AvgIpc) is 2.61. The minimum atomic E-state index is -0.372. The molecule has 1 N–H and O–H groups in total. The molecular formula is C19H25N3O5. The molecule has 1 saturated heterocycles. The van der Waals surface area contributed by atoms with E-state index in [1.54, 1.807) is 22.8 Å². The summed E-state index contributed by atoms with van der Waals surface area (Å²) in [4.78, 5) is 39.4. The highest BCUT2D eigenvalue weighted by Crippen LogP contribution is 2.32. The Hall–Kier alpha value is -2.77. The van der Waals surface area contributed by atoms with Gasteiger partial charge in [-0.05, 0) is 44.4 Å². The summed E-state index contributed by atoms with van der Waals surface area (Å²) in [6, 6.07) is 5.59. The van der Waals surface area contributed by atoms with Gasteiger partial charge in [-0.3, -0.25) is 4.79 Å². The Morgan fingerprint density at radius 1 is 1.30 bits per heavy atom. The number of piperidine rings is 1. The first-order valence-corrected chi connectivity index (χ1v) is 9.23. The van der Waals surface area contributed by atoms with E-state index in [-0.39, 0.29) is 37.1 Å². The molecule has 0 spiro atoms. The predicted octanol–water partition coefficient (Wildman–Crippen LogP) is 1.46. The summed E-state index contributed by atoms with van der Waals surface area (Å²) >= 11 is 0. The summed E-state index contributed by atoms with van der Waals surface area (Å²) in [5.41, 5.74) is 1.73. The van der Waals surface area contributed by atoms with Gasteiger partial charge in [-0.15, -0.1) is 0 Å². The summed E-state index contributed by atoms with van der Waals surface area (Å²) in [6.45, 7) is 5.30. The van der Waals surface area contributed by atoms with Crippen molar-refractivity contribution in [3.8, 4) is 5.75 Å². The quantitative estimate of drug-likeness (QED) is 0.633. The van der Waals surface area contributed by atoms with Gasteiger partial charge in [0, 0.05) is 19.1 Å². The fourth-order valence-corrected chi connectivity index (χ4v) is 3.37. The van der Waals surface area contributed by atoms with Crippen LogP contribution in [0.25, 0.3) is 0 Å². The Balaban J connectivity index is 1.53. The number of nitrogens with zero attached hydrogens (tertiary/aromatic N) is 2. The van der Waals surface area contributed by atoms with Gasteiger partial charge in [0.25, 0.3) is 0 Å². The zero-order valence-corrected chi connectivity index (χ0v) is 15.7. The van der Waals surface area contributed by atoms with E-state index in [0.29, 0.717) is 38.3 Å². The van der Waals surface area contributed by atoms with E-state index in [0.717, 1.165) is 11.3 Å². The third kappa shape index (κ3) is 4.69. The molecule has 2 aliphatic rings. The van der Waals surface area contributed by atoms with E-state index in [2.05, 4.69) is 5.32 Å². The second kappa shape index (κ2) is 8.28. The molecule has 3 rings (SSSR count). The van der Waals surface area contributed by atoms with Gasteiger partial charge in [-0.1, -0.05) is 6.07 Å². The predicted molar refractivity (Wildman–Crippen MR) is 98.8 cm³/mol. The molecule has 2 amide bonds. The van der Waals surface area contributed by atoms with Crippen molar-refractivity contribution < 1.29 is 23.9 Å². The normalized spacial score (nSPS) is 17.2. The molecule has 0 unspecified atom stereocenters. The number of benzene rings is 1. The highest BCUT2D eigenvalue weighted by atomic mass is 16.6. The van der Waals surface area contributed by atoms with Crippen LogP contribution in [0.5, 0.6) is 5.75 Å². The maximum atomic E-state index is 12.5. The van der Waals surface area contributed by atoms with Gasteiger partial charge in [0.2, 0.25) is 5.91 Å². The second-order valence-electron chi connectivity index (χ2n) is 6.83. The van der Waals surface area contributed by atoms with Crippen molar-refractivity contribution >= 4 is 23.7 Å². The lowest BCUT2D eigenvalue weighted by Gasteiger charge is -2.33. The number of hydrogen-bond donors (Lipinski definition) is 1. The minimum Gasteiger partial charge on any atom is -0.450 e. The molecule has 8 heteroatoms. The molecule has 1 aromatic carbocycles. The zero-order chi connectivity index (χ0) is 19.4. The lowest BCUT2D eigenvalue weighted by Crippen LogP contribution is -2.50. The van der Waals surface area contributed by atoms with Gasteiger partial charge in [0.15, 0.2) is 5.75 Å². The molecule has 0 atom stereocenters. The SMILES string of the molecule is CCOC(=O)N1CCC(NC(=O)CN2CC(=O)Oc3cc(C)ccc32)CC1. The van der Waals surface area contributed by atoms with Crippen LogP contribution in [0.3, 0.4) is 0 Å². The van der Waals surface area contributed by atoms with Crippen LogP contribution in [-0.4, -0.2) is 61.7 Å². The maximum absolute atomic E-state index is 12.5. The van der Waals surface area contributed by atoms with Crippen LogP contribution in [0.4, 0.5) is 10.5 Å². The summed E-state index contributed by atoms with van der Waals surface area (Å²) in [6.07, 6.45) is 1.06. The molecule has 27 heavy (non-hydrogen) atoms. The van der Waals surface area contributed by atoms with E-state index < -0.39 is 0 Å². The lowest BCUT2D eigenvalue weighted by atomic mass is 10.1. The first kappa shape index (κ1) is 19.0. The van der Waals surface area contributed by atoms with Crippen LogP contribution >= 0.6 is 0 Å². The van der Waals surface area contributed by atoms with E-state index in [1.807, 2.05) is 19.1 Å². The third-order valence-electron chi connectivity index (χ3n) is 4.72. The number of rotatable bonds is 4. The molecule has 1 fully saturated rings. The fourth-order valence-electron chi connectivity index (χ4n) is 3.37. The molecule has 0 aromatic heterocycles. The van der Waals surface area contributed by atoms with Gasteiger partial charge in [-0.2, -0.15) is 0 Å². The number of carbonyl (C=O) groups excluding carboxylic acids is 3. The number of hydrogen-bond acceptors (Lipinski definition) is 6. The third-order valence-corrected chi connectivity index (χ3v) is 4.72. The molecular weight excluding hydrogens is 350 g/mol. The largest absolute Gasteiger partial charge is 0.450 e. The number of fused-ring (bicyclic) bond motifs is 1. The number of amides is 2. The van der Waals surface area contributed by atoms with Crippen LogP contribution in [0, 0.1) is 6.92 Å². The molecule has 0 saturated carbocycles. The van der Waals surface area contributed by atoms with Crippen LogP contribution < -0.4 is 15.0 Å². The smallest absolute Gasteiger partial charge is 0.409 e. The lowest BCUT2D eigenvalue weighted by molar-refractivity contribution is -0.133. The van der Waals surface area contributed by atoms with E-state index in [4.69, 9.17) is 9.47 Å². The minimum absolute atomic E-state index is 0.0115. The van der Waals surface area contributed by atoms with E-state index in [9.17, 15) is 14.4 Å². The first-order valence-electron chi connectivity index (χ1n) is 9.23. The van der Waals surface area contributed by atoms with Crippen molar-refractivity contribution in [2.45, 2.75) is 32.7 Å². The van der Waals surface area contributed by atoms with Gasteiger partial charge in [0.1, 0.15) is 6.54 Å². The summed E-state index contributed by atoms with van der Waals surface area (Å²) in [5, 5.41) is 3.00. The molecule has 2 heterocycles. The Labute approximate surface area is 158 Å². The molecule has 1 aromatic rings. The monoisotopic (exact) mass is 375 g/mol. The van der Waals surface area contributed by atoms with Crippen LogP contribution in [0.15, 0.2) is 18.2 Å². The first-order chi connectivity index (χ1) is 13.0. The second-order valence-corrected chi connectivity index (χ2v) is 6.83. The molecule has 146 valence electrons. The zero-order valence-electron chi connectivity index (χ0n) is 15.7. The van der Waals surface area contributed by atoms with Crippen molar-refractivity contribution in [3.05, 3.63) is 23.8 Å². The maximum Gasteiger partial charge on any atom is 0.409 e. The highest BCUT2D eigenvalue weighted by molar-refractivity contribution is 5.89. The number of anilines is 1. The molecule has 2 aliphatic heterocycles. The van der Waals surface area contributed by atoms with Crippen molar-refractivity contribution in [1.82, 2.24) is 10.2 Å². The number of nitrogens with one attached hydrogen (secondary N) is 1. The Bertz CT molecular complexity index is 728. The van der Waals surface area contributed by atoms with Crippen LogP contribution in [0.2, 0.25) is 0 Å². The van der Waals surface area contributed by atoms with Crippen molar-refractivity contribution in [2.75, 3.05) is 37.7 Å². The molecule has 0 radical (unpaired) electrons. The van der Waals surface area contributed by atoms with Crippen LogP contribution in [-0.2, 0) is 14.3 Å².